The van der Waals surface area contributed by atoms with Gasteiger partial charge in [-0.25, -0.2) is 0 Å². The zero-order valence-corrected chi connectivity index (χ0v) is 13.3. The summed E-state index contributed by atoms with van der Waals surface area (Å²) >= 11 is 0.941. The van der Waals surface area contributed by atoms with Crippen molar-refractivity contribution in [3.05, 3.63) is 30.5 Å². The molecule has 118 valence electrons. The minimum Gasteiger partial charge on any atom is -0.411 e. The first kappa shape index (κ1) is 15.3. The standard InChI is InChI=1S/C15H14N4O3S/c1-8(20)12(13(21)16-2)23-15-19-18-14(22-15)10-7-17-11-6-4-3-5-9(10)11/h3-7,12,17H,1-2H3,(H,16,21). The van der Waals surface area contributed by atoms with Gasteiger partial charge in [-0.15, -0.1) is 10.2 Å². The van der Waals surface area contributed by atoms with Gasteiger partial charge in [-0.2, -0.15) is 0 Å². The molecule has 23 heavy (non-hydrogen) atoms. The number of carbonyl (C=O) groups is 2. The van der Waals surface area contributed by atoms with Crippen LogP contribution >= 0.6 is 11.8 Å². The topological polar surface area (TPSA) is 101 Å². The summed E-state index contributed by atoms with van der Waals surface area (Å²) in [5, 5.41) is 10.6. The molecule has 2 N–H and O–H groups in total. The van der Waals surface area contributed by atoms with Gasteiger partial charge in [0.1, 0.15) is 0 Å². The van der Waals surface area contributed by atoms with E-state index in [4.69, 9.17) is 4.42 Å². The highest BCUT2D eigenvalue weighted by atomic mass is 32.2. The summed E-state index contributed by atoms with van der Waals surface area (Å²) in [5.41, 5.74) is 1.74. The highest BCUT2D eigenvalue weighted by Crippen LogP contribution is 2.30. The van der Waals surface area contributed by atoms with Crippen molar-refractivity contribution < 1.29 is 14.0 Å². The Kier molecular flexibility index (Phi) is 4.16. The Labute approximate surface area is 135 Å². The molecule has 0 aliphatic carbocycles. The molecule has 1 amide bonds. The summed E-state index contributed by atoms with van der Waals surface area (Å²) in [5.74, 6) is -0.334. The van der Waals surface area contributed by atoms with Crippen LogP contribution in [-0.2, 0) is 9.59 Å². The second-order valence-corrected chi connectivity index (χ2v) is 5.90. The van der Waals surface area contributed by atoms with Crippen molar-refractivity contribution in [2.24, 2.45) is 0 Å². The molecule has 2 heterocycles. The van der Waals surface area contributed by atoms with E-state index >= 15 is 0 Å². The van der Waals surface area contributed by atoms with Gasteiger partial charge < -0.3 is 14.7 Å². The fraction of sp³-hybridized carbons (Fsp3) is 0.200. The second kappa shape index (κ2) is 6.25. The first-order valence-corrected chi connectivity index (χ1v) is 7.77. The van der Waals surface area contributed by atoms with Crippen LogP contribution in [0.25, 0.3) is 22.4 Å². The molecule has 0 radical (unpaired) electrons. The number of fused-ring (bicyclic) bond motifs is 1. The fourth-order valence-electron chi connectivity index (χ4n) is 2.17. The number of hydrogen-bond acceptors (Lipinski definition) is 6. The smallest absolute Gasteiger partial charge is 0.278 e. The molecule has 1 unspecified atom stereocenters. The summed E-state index contributed by atoms with van der Waals surface area (Å²) in [4.78, 5) is 26.4. The highest BCUT2D eigenvalue weighted by molar-refractivity contribution is 8.01. The Morgan fingerprint density at radius 3 is 2.83 bits per heavy atom. The van der Waals surface area contributed by atoms with E-state index in [1.807, 2.05) is 24.3 Å². The Bertz CT molecular complexity index is 870. The van der Waals surface area contributed by atoms with Gasteiger partial charge in [0.05, 0.1) is 5.56 Å². The maximum Gasteiger partial charge on any atom is 0.278 e. The Hall–Kier alpha value is -2.61. The molecule has 7 nitrogen and oxygen atoms in total. The van der Waals surface area contributed by atoms with Crippen LogP contribution in [0.4, 0.5) is 0 Å². The van der Waals surface area contributed by atoms with E-state index in [0.29, 0.717) is 5.89 Å². The summed E-state index contributed by atoms with van der Waals surface area (Å²) in [7, 11) is 1.48. The number of rotatable bonds is 5. The number of hydrogen-bond donors (Lipinski definition) is 2. The van der Waals surface area contributed by atoms with Gasteiger partial charge in [-0.05, 0) is 24.8 Å². The molecule has 0 bridgehead atoms. The summed E-state index contributed by atoms with van der Waals surface area (Å²) < 4.78 is 5.60. The molecule has 8 heteroatoms. The number of carbonyl (C=O) groups excluding carboxylic acids is 2. The first-order chi connectivity index (χ1) is 11.1. The van der Waals surface area contributed by atoms with E-state index in [2.05, 4.69) is 20.5 Å². The lowest BCUT2D eigenvalue weighted by molar-refractivity contribution is -0.126. The van der Waals surface area contributed by atoms with Gasteiger partial charge in [0.25, 0.3) is 11.1 Å². The van der Waals surface area contributed by atoms with Crippen molar-refractivity contribution in [2.75, 3.05) is 7.05 Å². The largest absolute Gasteiger partial charge is 0.411 e. The molecular weight excluding hydrogens is 316 g/mol. The third kappa shape index (κ3) is 2.98. The van der Waals surface area contributed by atoms with Gasteiger partial charge in [-0.1, -0.05) is 18.2 Å². The normalized spacial score (nSPS) is 12.3. The molecule has 0 fully saturated rings. The predicted octanol–water partition coefficient (Wildman–Crippen LogP) is 2.01. The van der Waals surface area contributed by atoms with Crippen molar-refractivity contribution in [1.82, 2.24) is 20.5 Å². The van der Waals surface area contributed by atoms with Gasteiger partial charge in [0.2, 0.25) is 5.91 Å². The van der Waals surface area contributed by atoms with Crippen LogP contribution in [0.5, 0.6) is 0 Å². The number of H-pyrrole nitrogens is 1. The van der Waals surface area contributed by atoms with Crippen LogP contribution < -0.4 is 5.32 Å². The van der Waals surface area contributed by atoms with Crippen LogP contribution in [-0.4, -0.2) is 39.2 Å². The van der Waals surface area contributed by atoms with Gasteiger partial charge >= 0.3 is 0 Å². The van der Waals surface area contributed by atoms with E-state index in [-0.39, 0.29) is 11.0 Å². The monoisotopic (exact) mass is 330 g/mol. The lowest BCUT2D eigenvalue weighted by Crippen LogP contribution is -2.34. The van der Waals surface area contributed by atoms with Crippen LogP contribution in [0.1, 0.15) is 6.92 Å². The Balaban J connectivity index is 1.88. The second-order valence-electron chi connectivity index (χ2n) is 4.84. The number of thioether (sulfide) groups is 1. The SMILES string of the molecule is CNC(=O)C(Sc1nnc(-c2c[nH]c3ccccc23)o1)C(C)=O. The molecule has 0 aliphatic rings. The zero-order chi connectivity index (χ0) is 16.4. The number of Topliss-reactive ketones (excluding diaryl/α,β-unsaturated/α-hetero) is 1. The summed E-state index contributed by atoms with van der Waals surface area (Å²) in [6.45, 7) is 1.35. The molecule has 1 aromatic carbocycles. The number of ketones is 1. The fourth-order valence-corrected chi connectivity index (χ4v) is 2.98. The maximum atomic E-state index is 11.7. The number of aromatic amines is 1. The molecule has 1 atom stereocenters. The minimum atomic E-state index is -0.906. The predicted molar refractivity (Wildman–Crippen MR) is 86.0 cm³/mol. The van der Waals surface area contributed by atoms with Crippen molar-refractivity contribution in [2.45, 2.75) is 17.4 Å². The molecule has 0 spiro atoms. The van der Waals surface area contributed by atoms with Crippen molar-refractivity contribution in [3.8, 4) is 11.5 Å². The molecule has 0 aliphatic heterocycles. The van der Waals surface area contributed by atoms with Gasteiger partial charge in [0.15, 0.2) is 11.0 Å². The van der Waals surface area contributed by atoms with Crippen LogP contribution in [0, 0.1) is 0 Å². The van der Waals surface area contributed by atoms with Gasteiger partial charge in [0, 0.05) is 24.1 Å². The number of aromatic nitrogens is 3. The Morgan fingerprint density at radius 1 is 1.30 bits per heavy atom. The maximum absolute atomic E-state index is 11.7. The average Bonchev–Trinajstić information content (AvgIpc) is 3.17. The molecule has 0 saturated carbocycles. The highest BCUT2D eigenvalue weighted by Gasteiger charge is 2.26. The Morgan fingerprint density at radius 2 is 2.09 bits per heavy atom. The first-order valence-electron chi connectivity index (χ1n) is 6.89. The van der Waals surface area contributed by atoms with Crippen molar-refractivity contribution in [1.29, 1.82) is 0 Å². The molecule has 2 aromatic heterocycles. The number of nitrogens with zero attached hydrogens (tertiary/aromatic N) is 2. The summed E-state index contributed by atoms with van der Waals surface area (Å²) in [6.07, 6.45) is 1.79. The molecule has 0 saturated heterocycles. The van der Waals surface area contributed by atoms with Gasteiger partial charge in [-0.3, -0.25) is 9.59 Å². The van der Waals surface area contributed by atoms with Crippen LogP contribution in [0.15, 0.2) is 40.1 Å². The molecular formula is C15H14N4O3S. The summed E-state index contributed by atoms with van der Waals surface area (Å²) in [6, 6.07) is 7.74. The number of para-hydroxylation sites is 1. The van der Waals surface area contributed by atoms with E-state index in [1.54, 1.807) is 6.20 Å². The average molecular weight is 330 g/mol. The van der Waals surface area contributed by atoms with E-state index in [0.717, 1.165) is 28.2 Å². The lowest BCUT2D eigenvalue weighted by Gasteiger charge is -2.08. The third-order valence-corrected chi connectivity index (χ3v) is 4.45. The number of amides is 1. The zero-order valence-electron chi connectivity index (χ0n) is 12.5. The number of benzene rings is 1. The number of nitrogens with one attached hydrogen (secondary N) is 2. The third-order valence-electron chi connectivity index (χ3n) is 3.30. The molecule has 3 rings (SSSR count). The van der Waals surface area contributed by atoms with Crippen LogP contribution in [0.3, 0.4) is 0 Å². The van der Waals surface area contributed by atoms with E-state index in [9.17, 15) is 9.59 Å². The molecule has 3 aromatic rings. The van der Waals surface area contributed by atoms with Crippen LogP contribution in [0.2, 0.25) is 0 Å². The minimum absolute atomic E-state index is 0.175. The van der Waals surface area contributed by atoms with E-state index < -0.39 is 11.2 Å². The quantitative estimate of drug-likeness (QED) is 0.548. The van der Waals surface area contributed by atoms with E-state index in [1.165, 1.54) is 14.0 Å². The van der Waals surface area contributed by atoms with Crippen molar-refractivity contribution >= 4 is 34.4 Å². The van der Waals surface area contributed by atoms with Crippen molar-refractivity contribution in [3.63, 3.8) is 0 Å². The lowest BCUT2D eigenvalue weighted by atomic mass is 10.2.